The molecule has 1 N–H and O–H groups in total. The van der Waals surface area contributed by atoms with E-state index in [1.54, 1.807) is 12.1 Å². The standard InChI is InChI=1S/C11H9NO/c13-11-6-4-10(5-7-11)12-8-2-1-3-9-12/h1-9H/p+1. The van der Waals surface area contributed by atoms with Crippen LogP contribution in [0.25, 0.3) is 5.69 Å². The Morgan fingerprint density at radius 1 is 0.846 bits per heavy atom. The normalized spacial score (nSPS) is 9.85. The van der Waals surface area contributed by atoms with Gasteiger partial charge in [0, 0.05) is 24.3 Å². The lowest BCUT2D eigenvalue weighted by Crippen LogP contribution is -2.28. The molecule has 0 saturated heterocycles. The van der Waals surface area contributed by atoms with Crippen molar-refractivity contribution in [1.82, 2.24) is 0 Å². The summed E-state index contributed by atoms with van der Waals surface area (Å²) in [5.74, 6) is 0.292. The Morgan fingerprint density at radius 3 is 2.08 bits per heavy atom. The fourth-order valence-electron chi connectivity index (χ4n) is 1.20. The maximum Gasteiger partial charge on any atom is 0.210 e. The molecule has 2 heteroatoms. The van der Waals surface area contributed by atoms with Gasteiger partial charge in [0.25, 0.3) is 0 Å². The van der Waals surface area contributed by atoms with Gasteiger partial charge in [-0.1, -0.05) is 6.07 Å². The fraction of sp³-hybridized carbons (Fsp3) is 0. The van der Waals surface area contributed by atoms with Gasteiger partial charge in [-0.15, -0.1) is 0 Å². The topological polar surface area (TPSA) is 24.1 Å². The smallest absolute Gasteiger partial charge is 0.210 e. The molecule has 0 amide bonds. The molecule has 2 aromatic rings. The van der Waals surface area contributed by atoms with Crippen molar-refractivity contribution < 1.29 is 9.67 Å². The molecule has 0 fully saturated rings. The minimum Gasteiger partial charge on any atom is -0.508 e. The highest BCUT2D eigenvalue weighted by atomic mass is 16.3. The van der Waals surface area contributed by atoms with E-state index in [1.807, 2.05) is 47.3 Å². The van der Waals surface area contributed by atoms with Gasteiger partial charge in [-0.2, -0.15) is 4.57 Å². The van der Waals surface area contributed by atoms with Crippen LogP contribution < -0.4 is 4.57 Å². The zero-order valence-corrected chi connectivity index (χ0v) is 7.09. The Bertz CT molecular complexity index is 381. The van der Waals surface area contributed by atoms with Crippen molar-refractivity contribution in [3.8, 4) is 11.4 Å². The van der Waals surface area contributed by atoms with Crippen molar-refractivity contribution in [2.24, 2.45) is 0 Å². The van der Waals surface area contributed by atoms with Gasteiger partial charge in [-0.3, -0.25) is 0 Å². The Kier molecular flexibility index (Phi) is 1.96. The third-order valence-electron chi connectivity index (χ3n) is 1.86. The second-order valence-corrected chi connectivity index (χ2v) is 2.80. The lowest BCUT2D eigenvalue weighted by Gasteiger charge is -1.94. The van der Waals surface area contributed by atoms with Gasteiger partial charge in [0.05, 0.1) is 0 Å². The third kappa shape index (κ3) is 1.67. The average molecular weight is 172 g/mol. The number of rotatable bonds is 1. The summed E-state index contributed by atoms with van der Waals surface area (Å²) in [6.45, 7) is 0. The predicted molar refractivity (Wildman–Crippen MR) is 49.6 cm³/mol. The quantitative estimate of drug-likeness (QED) is 0.650. The van der Waals surface area contributed by atoms with Crippen LogP contribution in [0.1, 0.15) is 0 Å². The van der Waals surface area contributed by atoms with Gasteiger partial charge in [0.15, 0.2) is 12.4 Å². The zero-order valence-electron chi connectivity index (χ0n) is 7.09. The lowest BCUT2D eigenvalue weighted by molar-refractivity contribution is -0.595. The van der Waals surface area contributed by atoms with E-state index in [9.17, 15) is 0 Å². The van der Waals surface area contributed by atoms with Gasteiger partial charge < -0.3 is 5.11 Å². The van der Waals surface area contributed by atoms with Crippen LogP contribution in [-0.4, -0.2) is 5.11 Å². The second-order valence-electron chi connectivity index (χ2n) is 2.80. The summed E-state index contributed by atoms with van der Waals surface area (Å²) in [6.07, 6.45) is 3.93. The van der Waals surface area contributed by atoms with E-state index in [0.29, 0.717) is 5.75 Å². The maximum atomic E-state index is 9.09. The Hall–Kier alpha value is -1.83. The fourth-order valence-corrected chi connectivity index (χ4v) is 1.20. The number of aromatic hydroxyl groups is 1. The molecule has 0 aliphatic carbocycles. The number of nitrogens with zero attached hydrogens (tertiary/aromatic N) is 1. The number of hydrogen-bond donors (Lipinski definition) is 1. The Morgan fingerprint density at radius 2 is 1.46 bits per heavy atom. The maximum absolute atomic E-state index is 9.09. The van der Waals surface area contributed by atoms with Crippen LogP contribution in [0.5, 0.6) is 5.75 Å². The van der Waals surface area contributed by atoms with Crippen molar-refractivity contribution in [3.05, 3.63) is 54.9 Å². The van der Waals surface area contributed by atoms with E-state index in [1.165, 1.54) is 0 Å². The molecule has 0 bridgehead atoms. The molecular formula is C11H10NO+. The third-order valence-corrected chi connectivity index (χ3v) is 1.86. The zero-order chi connectivity index (χ0) is 9.10. The molecule has 0 aliphatic rings. The molecule has 0 unspecified atom stereocenters. The number of phenols is 1. The van der Waals surface area contributed by atoms with Gasteiger partial charge in [-0.25, -0.2) is 0 Å². The first-order valence-electron chi connectivity index (χ1n) is 4.12. The van der Waals surface area contributed by atoms with Gasteiger partial charge >= 0.3 is 0 Å². The van der Waals surface area contributed by atoms with Crippen LogP contribution >= 0.6 is 0 Å². The highest BCUT2D eigenvalue weighted by Gasteiger charge is 2.02. The minimum absolute atomic E-state index is 0.292. The summed E-state index contributed by atoms with van der Waals surface area (Å²) >= 11 is 0. The van der Waals surface area contributed by atoms with E-state index in [0.717, 1.165) is 5.69 Å². The highest BCUT2D eigenvalue weighted by Crippen LogP contribution is 2.08. The molecule has 0 spiro atoms. The molecule has 0 atom stereocenters. The number of benzene rings is 1. The van der Waals surface area contributed by atoms with Crippen LogP contribution in [0.15, 0.2) is 54.9 Å². The number of pyridine rings is 1. The Labute approximate surface area is 76.7 Å². The summed E-state index contributed by atoms with van der Waals surface area (Å²) in [4.78, 5) is 0. The summed E-state index contributed by atoms with van der Waals surface area (Å²) < 4.78 is 1.99. The molecule has 2 rings (SSSR count). The molecule has 1 aromatic carbocycles. The second kappa shape index (κ2) is 3.27. The molecule has 1 aromatic heterocycles. The van der Waals surface area contributed by atoms with E-state index in [2.05, 4.69) is 0 Å². The highest BCUT2D eigenvalue weighted by molar-refractivity contribution is 5.30. The van der Waals surface area contributed by atoms with E-state index in [-0.39, 0.29) is 0 Å². The molecule has 13 heavy (non-hydrogen) atoms. The monoisotopic (exact) mass is 172 g/mol. The average Bonchev–Trinajstić information content (AvgIpc) is 2.20. The van der Waals surface area contributed by atoms with Crippen LogP contribution in [0.2, 0.25) is 0 Å². The van der Waals surface area contributed by atoms with Gasteiger partial charge in [0.2, 0.25) is 5.69 Å². The van der Waals surface area contributed by atoms with Gasteiger partial charge in [0.1, 0.15) is 5.75 Å². The largest absolute Gasteiger partial charge is 0.508 e. The molecule has 2 nitrogen and oxygen atoms in total. The van der Waals surface area contributed by atoms with Gasteiger partial charge in [-0.05, 0) is 12.1 Å². The van der Waals surface area contributed by atoms with E-state index in [4.69, 9.17) is 5.11 Å². The van der Waals surface area contributed by atoms with E-state index >= 15 is 0 Å². The molecule has 0 radical (unpaired) electrons. The first-order valence-corrected chi connectivity index (χ1v) is 4.12. The molecule has 0 saturated carbocycles. The lowest BCUT2D eigenvalue weighted by atomic mass is 10.3. The Balaban J connectivity index is 2.42. The van der Waals surface area contributed by atoms with Crippen molar-refractivity contribution in [1.29, 1.82) is 0 Å². The minimum atomic E-state index is 0.292. The van der Waals surface area contributed by atoms with Crippen molar-refractivity contribution >= 4 is 0 Å². The summed E-state index contributed by atoms with van der Waals surface area (Å²) in [6, 6.07) is 13.0. The van der Waals surface area contributed by atoms with Crippen LogP contribution in [0, 0.1) is 0 Å². The van der Waals surface area contributed by atoms with Crippen molar-refractivity contribution in [2.75, 3.05) is 0 Å². The molecular weight excluding hydrogens is 162 g/mol. The van der Waals surface area contributed by atoms with Crippen molar-refractivity contribution in [2.45, 2.75) is 0 Å². The van der Waals surface area contributed by atoms with Crippen LogP contribution in [0.3, 0.4) is 0 Å². The molecule has 0 aliphatic heterocycles. The summed E-state index contributed by atoms with van der Waals surface area (Å²) in [5.41, 5.74) is 1.04. The van der Waals surface area contributed by atoms with Crippen molar-refractivity contribution in [3.63, 3.8) is 0 Å². The van der Waals surface area contributed by atoms with Crippen LogP contribution in [0.4, 0.5) is 0 Å². The molecule has 1 heterocycles. The molecule has 64 valence electrons. The van der Waals surface area contributed by atoms with Crippen LogP contribution in [-0.2, 0) is 0 Å². The SMILES string of the molecule is Oc1ccc(-[n+]2ccccc2)cc1. The predicted octanol–water partition coefficient (Wildman–Crippen LogP) is 1.67. The van der Waals surface area contributed by atoms with E-state index < -0.39 is 0 Å². The summed E-state index contributed by atoms with van der Waals surface area (Å²) in [7, 11) is 0. The number of aromatic nitrogens is 1. The number of hydrogen-bond acceptors (Lipinski definition) is 1. The number of phenolic OH excluding ortho intramolecular Hbond substituents is 1. The first-order chi connectivity index (χ1) is 6.36. The summed E-state index contributed by atoms with van der Waals surface area (Å²) in [5, 5.41) is 9.09. The first kappa shape index (κ1) is 7.80.